The third-order valence-electron chi connectivity index (χ3n) is 4.16. The van der Waals surface area contributed by atoms with Gasteiger partial charge in [-0.3, -0.25) is 4.79 Å². The fraction of sp³-hybridized carbons (Fsp3) is 0.588. The number of rotatable bonds is 6. The fourth-order valence-corrected chi connectivity index (χ4v) is 2.80. The van der Waals surface area contributed by atoms with Gasteiger partial charge < -0.3 is 16.0 Å². The quantitative estimate of drug-likeness (QED) is 0.834. The predicted molar refractivity (Wildman–Crippen MR) is 86.2 cm³/mol. The molecule has 0 bridgehead atoms. The number of benzene rings is 1. The largest absolute Gasteiger partial charge is 0.353 e. The van der Waals surface area contributed by atoms with Crippen LogP contribution in [-0.2, 0) is 11.2 Å². The minimum absolute atomic E-state index is 0.174. The third-order valence-corrected chi connectivity index (χ3v) is 4.16. The molecule has 1 amide bonds. The molecule has 21 heavy (non-hydrogen) atoms. The van der Waals surface area contributed by atoms with Crippen molar-refractivity contribution >= 4 is 5.91 Å². The van der Waals surface area contributed by atoms with Crippen molar-refractivity contribution < 1.29 is 4.79 Å². The molecule has 0 aromatic heterocycles. The molecule has 2 rings (SSSR count). The van der Waals surface area contributed by atoms with Gasteiger partial charge in [0.15, 0.2) is 0 Å². The Morgan fingerprint density at radius 2 is 1.95 bits per heavy atom. The number of carbonyl (C=O) groups excluding carboxylic acids is 1. The standard InChI is InChI=1S/C17H27N3O/c1-14-2-4-15(5-3-14)6-7-17(21)19-16-8-11-20(12-9-16)13-10-18/h2-5,16H,6-13,18H2,1H3,(H,19,21). The fourth-order valence-electron chi connectivity index (χ4n) is 2.80. The lowest BCUT2D eigenvalue weighted by molar-refractivity contribution is -0.122. The van der Waals surface area contributed by atoms with Gasteiger partial charge in [-0.25, -0.2) is 0 Å². The van der Waals surface area contributed by atoms with Crippen molar-refractivity contribution in [3.05, 3.63) is 35.4 Å². The topological polar surface area (TPSA) is 58.4 Å². The Kier molecular flexibility index (Phi) is 6.21. The molecule has 1 saturated heterocycles. The van der Waals surface area contributed by atoms with Crippen LogP contribution >= 0.6 is 0 Å². The molecule has 0 atom stereocenters. The molecule has 1 heterocycles. The predicted octanol–water partition coefficient (Wildman–Crippen LogP) is 1.47. The minimum Gasteiger partial charge on any atom is -0.353 e. The van der Waals surface area contributed by atoms with Gasteiger partial charge in [0, 0.05) is 38.6 Å². The van der Waals surface area contributed by atoms with Gasteiger partial charge in [0.25, 0.3) is 0 Å². The van der Waals surface area contributed by atoms with Crippen LogP contribution in [-0.4, -0.2) is 43.0 Å². The Balaban J connectivity index is 1.67. The molecule has 0 saturated carbocycles. The average molecular weight is 289 g/mol. The molecular weight excluding hydrogens is 262 g/mol. The number of carbonyl (C=O) groups is 1. The normalized spacial score (nSPS) is 16.9. The van der Waals surface area contributed by atoms with E-state index in [1.54, 1.807) is 0 Å². The van der Waals surface area contributed by atoms with Gasteiger partial charge in [-0.2, -0.15) is 0 Å². The summed E-state index contributed by atoms with van der Waals surface area (Å²) in [6.07, 6.45) is 3.47. The van der Waals surface area contributed by atoms with E-state index in [-0.39, 0.29) is 5.91 Å². The maximum atomic E-state index is 12.0. The molecule has 0 unspecified atom stereocenters. The van der Waals surface area contributed by atoms with Crippen LogP contribution < -0.4 is 11.1 Å². The van der Waals surface area contributed by atoms with Gasteiger partial charge in [0.05, 0.1) is 0 Å². The Morgan fingerprint density at radius 3 is 2.57 bits per heavy atom. The third kappa shape index (κ3) is 5.48. The SMILES string of the molecule is Cc1ccc(CCC(=O)NC2CCN(CCN)CC2)cc1. The Labute approximate surface area is 127 Å². The summed E-state index contributed by atoms with van der Waals surface area (Å²) in [5.41, 5.74) is 8.05. The molecule has 4 heteroatoms. The number of nitrogens with two attached hydrogens (primary N) is 1. The average Bonchev–Trinajstić information content (AvgIpc) is 2.49. The van der Waals surface area contributed by atoms with E-state index in [1.165, 1.54) is 11.1 Å². The lowest BCUT2D eigenvalue weighted by Gasteiger charge is -2.32. The monoisotopic (exact) mass is 289 g/mol. The number of likely N-dealkylation sites (tertiary alicyclic amines) is 1. The summed E-state index contributed by atoms with van der Waals surface area (Å²) in [7, 11) is 0. The summed E-state index contributed by atoms with van der Waals surface area (Å²) in [5, 5.41) is 3.17. The number of amides is 1. The second-order valence-electron chi connectivity index (χ2n) is 5.96. The van der Waals surface area contributed by atoms with Crippen LogP contribution in [0.4, 0.5) is 0 Å². The zero-order chi connectivity index (χ0) is 15.1. The van der Waals surface area contributed by atoms with Gasteiger partial charge in [-0.05, 0) is 31.7 Å². The molecule has 1 aromatic carbocycles. The molecule has 116 valence electrons. The molecule has 0 aliphatic carbocycles. The van der Waals surface area contributed by atoms with Crippen molar-refractivity contribution in [2.24, 2.45) is 5.73 Å². The van der Waals surface area contributed by atoms with Crippen molar-refractivity contribution in [3.8, 4) is 0 Å². The summed E-state index contributed by atoms with van der Waals surface area (Å²) in [6.45, 7) is 5.84. The van der Waals surface area contributed by atoms with Crippen LogP contribution in [0.25, 0.3) is 0 Å². The lowest BCUT2D eigenvalue weighted by atomic mass is 10.0. The Hall–Kier alpha value is -1.39. The van der Waals surface area contributed by atoms with Crippen LogP contribution in [0.2, 0.25) is 0 Å². The number of aryl methyl sites for hydroxylation is 2. The molecule has 4 nitrogen and oxygen atoms in total. The van der Waals surface area contributed by atoms with E-state index in [1.807, 2.05) is 0 Å². The number of hydrogen-bond donors (Lipinski definition) is 2. The van der Waals surface area contributed by atoms with Crippen molar-refractivity contribution in [1.29, 1.82) is 0 Å². The summed E-state index contributed by atoms with van der Waals surface area (Å²) < 4.78 is 0. The second-order valence-corrected chi connectivity index (χ2v) is 5.96. The second kappa shape index (κ2) is 8.15. The summed E-state index contributed by atoms with van der Waals surface area (Å²) in [4.78, 5) is 14.4. The number of piperidine rings is 1. The molecule has 1 aromatic rings. The van der Waals surface area contributed by atoms with Crippen LogP contribution in [0.3, 0.4) is 0 Å². The van der Waals surface area contributed by atoms with Gasteiger partial charge in [0.2, 0.25) is 5.91 Å². The summed E-state index contributed by atoms with van der Waals surface area (Å²) in [6, 6.07) is 8.74. The zero-order valence-corrected chi connectivity index (χ0v) is 13.0. The number of hydrogen-bond acceptors (Lipinski definition) is 3. The molecule has 1 fully saturated rings. The lowest BCUT2D eigenvalue weighted by Crippen LogP contribution is -2.45. The first-order valence-corrected chi connectivity index (χ1v) is 7.94. The first-order valence-electron chi connectivity index (χ1n) is 7.94. The van der Waals surface area contributed by atoms with E-state index in [9.17, 15) is 4.79 Å². The van der Waals surface area contributed by atoms with E-state index in [4.69, 9.17) is 5.73 Å². The molecule has 1 aliphatic rings. The Morgan fingerprint density at radius 1 is 1.29 bits per heavy atom. The van der Waals surface area contributed by atoms with Gasteiger partial charge >= 0.3 is 0 Å². The van der Waals surface area contributed by atoms with E-state index < -0.39 is 0 Å². The molecular formula is C17H27N3O. The van der Waals surface area contributed by atoms with Crippen LogP contribution in [0, 0.1) is 6.92 Å². The number of nitrogens with zero attached hydrogens (tertiary/aromatic N) is 1. The van der Waals surface area contributed by atoms with Crippen LogP contribution in [0.15, 0.2) is 24.3 Å². The maximum Gasteiger partial charge on any atom is 0.220 e. The van der Waals surface area contributed by atoms with E-state index >= 15 is 0 Å². The van der Waals surface area contributed by atoms with E-state index in [0.717, 1.165) is 38.9 Å². The highest BCUT2D eigenvalue weighted by molar-refractivity contribution is 5.76. The van der Waals surface area contributed by atoms with Crippen molar-refractivity contribution in [2.75, 3.05) is 26.2 Å². The smallest absolute Gasteiger partial charge is 0.220 e. The van der Waals surface area contributed by atoms with Gasteiger partial charge in [-0.15, -0.1) is 0 Å². The van der Waals surface area contributed by atoms with Crippen molar-refractivity contribution in [1.82, 2.24) is 10.2 Å². The highest BCUT2D eigenvalue weighted by Gasteiger charge is 2.19. The van der Waals surface area contributed by atoms with Crippen molar-refractivity contribution in [3.63, 3.8) is 0 Å². The van der Waals surface area contributed by atoms with E-state index in [0.29, 0.717) is 19.0 Å². The molecule has 3 N–H and O–H groups in total. The first-order chi connectivity index (χ1) is 10.2. The molecule has 0 spiro atoms. The summed E-state index contributed by atoms with van der Waals surface area (Å²) in [5.74, 6) is 0.174. The van der Waals surface area contributed by atoms with E-state index in [2.05, 4.69) is 41.4 Å². The Bertz CT molecular complexity index is 436. The maximum absolute atomic E-state index is 12.0. The molecule has 0 radical (unpaired) electrons. The first kappa shape index (κ1) is 16.0. The highest BCUT2D eigenvalue weighted by atomic mass is 16.1. The molecule has 1 aliphatic heterocycles. The van der Waals surface area contributed by atoms with Crippen LogP contribution in [0.5, 0.6) is 0 Å². The van der Waals surface area contributed by atoms with Gasteiger partial charge in [-0.1, -0.05) is 29.8 Å². The summed E-state index contributed by atoms with van der Waals surface area (Å²) >= 11 is 0. The highest BCUT2D eigenvalue weighted by Crippen LogP contribution is 2.10. The van der Waals surface area contributed by atoms with Crippen LogP contribution in [0.1, 0.15) is 30.4 Å². The minimum atomic E-state index is 0.174. The van der Waals surface area contributed by atoms with Crippen molar-refractivity contribution in [2.45, 2.75) is 38.6 Å². The van der Waals surface area contributed by atoms with Gasteiger partial charge in [0.1, 0.15) is 0 Å². The number of nitrogens with one attached hydrogen (secondary N) is 1. The zero-order valence-electron chi connectivity index (χ0n) is 13.0.